The van der Waals surface area contributed by atoms with Gasteiger partial charge in [-0.05, 0) is 80.8 Å². The molecule has 1 saturated heterocycles. The van der Waals surface area contributed by atoms with Crippen LogP contribution in [0.15, 0.2) is 72.8 Å². The van der Waals surface area contributed by atoms with Crippen LogP contribution in [0.5, 0.6) is 0 Å². The molecular weight excluding hydrogens is 454 g/mol. The standard InChI is InChI=1S/C29H33N3O4/c1-21-19-24(30-28(34)36-29(2,3)4)13-14-26(21)22-9-8-10-23(20-22)27(33)32(25-11-6-5-7-12-25)31-15-17-35-18-16-31/h5-14,19-20H,15-18H2,1-4H3,(H,30,34). The molecule has 3 aromatic carbocycles. The number of amides is 2. The predicted octanol–water partition coefficient (Wildman–Crippen LogP) is 5.90. The molecular formula is C29H33N3O4. The highest BCUT2D eigenvalue weighted by molar-refractivity contribution is 6.06. The van der Waals surface area contributed by atoms with Gasteiger partial charge in [0.1, 0.15) is 5.60 Å². The lowest BCUT2D eigenvalue weighted by atomic mass is 9.98. The average molecular weight is 488 g/mol. The van der Waals surface area contributed by atoms with Crippen molar-refractivity contribution >= 4 is 23.4 Å². The number of aryl methyl sites for hydroxylation is 1. The van der Waals surface area contributed by atoms with Crippen molar-refractivity contribution in [3.8, 4) is 11.1 Å². The van der Waals surface area contributed by atoms with Gasteiger partial charge in [-0.1, -0.05) is 36.4 Å². The molecule has 0 aliphatic carbocycles. The molecule has 36 heavy (non-hydrogen) atoms. The lowest BCUT2D eigenvalue weighted by Crippen LogP contribution is -2.52. The number of carbonyl (C=O) groups is 2. The first-order valence-corrected chi connectivity index (χ1v) is 12.1. The number of ether oxygens (including phenoxy) is 2. The molecule has 0 aromatic heterocycles. The van der Waals surface area contributed by atoms with Gasteiger partial charge in [0.15, 0.2) is 0 Å². The molecule has 0 atom stereocenters. The van der Waals surface area contributed by atoms with Crippen molar-refractivity contribution in [1.29, 1.82) is 0 Å². The summed E-state index contributed by atoms with van der Waals surface area (Å²) in [4.78, 5) is 25.9. The predicted molar refractivity (Wildman–Crippen MR) is 142 cm³/mol. The Labute approximate surface area is 212 Å². The third-order valence-corrected chi connectivity index (χ3v) is 5.76. The molecule has 0 saturated carbocycles. The molecule has 0 unspecified atom stereocenters. The zero-order valence-electron chi connectivity index (χ0n) is 21.3. The molecule has 7 nitrogen and oxygen atoms in total. The van der Waals surface area contributed by atoms with E-state index in [1.807, 2.05) is 106 Å². The lowest BCUT2D eigenvalue weighted by molar-refractivity contribution is 0.0300. The molecule has 188 valence electrons. The Hall–Kier alpha value is -3.68. The molecule has 0 bridgehead atoms. The monoisotopic (exact) mass is 487 g/mol. The van der Waals surface area contributed by atoms with Crippen molar-refractivity contribution in [3.63, 3.8) is 0 Å². The number of morpholine rings is 1. The zero-order valence-corrected chi connectivity index (χ0v) is 21.3. The summed E-state index contributed by atoms with van der Waals surface area (Å²) in [6.45, 7) is 9.91. The van der Waals surface area contributed by atoms with E-state index in [1.165, 1.54) is 0 Å². The summed E-state index contributed by atoms with van der Waals surface area (Å²) in [6, 6.07) is 23.0. The van der Waals surface area contributed by atoms with Crippen molar-refractivity contribution in [2.45, 2.75) is 33.3 Å². The van der Waals surface area contributed by atoms with Gasteiger partial charge in [-0.15, -0.1) is 0 Å². The van der Waals surface area contributed by atoms with Crippen LogP contribution in [0.3, 0.4) is 0 Å². The summed E-state index contributed by atoms with van der Waals surface area (Å²) < 4.78 is 10.8. The third-order valence-electron chi connectivity index (χ3n) is 5.76. The SMILES string of the molecule is Cc1cc(NC(=O)OC(C)(C)C)ccc1-c1cccc(C(=O)N(c2ccccc2)N2CCOCC2)c1. The number of nitrogens with zero attached hydrogens (tertiary/aromatic N) is 2. The van der Waals surface area contributed by atoms with E-state index in [9.17, 15) is 9.59 Å². The van der Waals surface area contributed by atoms with Gasteiger partial charge >= 0.3 is 6.09 Å². The summed E-state index contributed by atoms with van der Waals surface area (Å²) in [5, 5.41) is 6.57. The second kappa shape index (κ2) is 10.9. The molecule has 3 aromatic rings. The van der Waals surface area contributed by atoms with Gasteiger partial charge in [0.25, 0.3) is 5.91 Å². The Morgan fingerprint density at radius 2 is 1.67 bits per heavy atom. The molecule has 7 heteroatoms. The van der Waals surface area contributed by atoms with Gasteiger partial charge in [0.05, 0.1) is 18.9 Å². The largest absolute Gasteiger partial charge is 0.444 e. The van der Waals surface area contributed by atoms with Crippen LogP contribution in [0.4, 0.5) is 16.2 Å². The maximum absolute atomic E-state index is 13.8. The highest BCUT2D eigenvalue weighted by Gasteiger charge is 2.26. The third kappa shape index (κ3) is 6.30. The van der Waals surface area contributed by atoms with E-state index in [0.29, 0.717) is 37.6 Å². The van der Waals surface area contributed by atoms with Crippen molar-refractivity contribution in [2.24, 2.45) is 0 Å². The number of hydrogen-bond donors (Lipinski definition) is 1. The van der Waals surface area contributed by atoms with E-state index in [1.54, 1.807) is 5.01 Å². The van der Waals surface area contributed by atoms with Gasteiger partial charge in [0.2, 0.25) is 0 Å². The number of carbonyl (C=O) groups excluding carboxylic acids is 2. The van der Waals surface area contributed by atoms with Gasteiger partial charge in [-0.25, -0.2) is 14.8 Å². The summed E-state index contributed by atoms with van der Waals surface area (Å²) in [7, 11) is 0. The molecule has 1 heterocycles. The Bertz CT molecular complexity index is 1210. The van der Waals surface area contributed by atoms with Crippen LogP contribution in [0.1, 0.15) is 36.7 Å². The smallest absolute Gasteiger partial charge is 0.412 e. The average Bonchev–Trinajstić information content (AvgIpc) is 2.84. The minimum atomic E-state index is -0.569. The van der Waals surface area contributed by atoms with Crippen LogP contribution in [0, 0.1) is 6.92 Å². The van der Waals surface area contributed by atoms with Crippen LogP contribution in [-0.2, 0) is 9.47 Å². The highest BCUT2D eigenvalue weighted by atomic mass is 16.6. The maximum Gasteiger partial charge on any atom is 0.412 e. The first-order chi connectivity index (χ1) is 17.2. The summed E-state index contributed by atoms with van der Waals surface area (Å²) in [5.74, 6) is -0.0918. The van der Waals surface area contributed by atoms with E-state index >= 15 is 0 Å². The molecule has 1 N–H and O–H groups in total. The summed E-state index contributed by atoms with van der Waals surface area (Å²) in [6.07, 6.45) is -0.494. The van der Waals surface area contributed by atoms with E-state index in [2.05, 4.69) is 5.32 Å². The summed E-state index contributed by atoms with van der Waals surface area (Å²) >= 11 is 0. The topological polar surface area (TPSA) is 71.1 Å². The molecule has 1 fully saturated rings. The number of benzene rings is 3. The lowest BCUT2D eigenvalue weighted by Gasteiger charge is -2.37. The molecule has 0 spiro atoms. The van der Waals surface area contributed by atoms with Crippen molar-refractivity contribution in [2.75, 3.05) is 36.6 Å². The molecule has 2 amide bonds. The fraction of sp³-hybridized carbons (Fsp3) is 0.310. The maximum atomic E-state index is 13.8. The Morgan fingerprint density at radius 3 is 2.33 bits per heavy atom. The van der Waals surface area contributed by atoms with Gasteiger partial charge < -0.3 is 9.47 Å². The van der Waals surface area contributed by atoms with Crippen molar-refractivity contribution in [3.05, 3.63) is 83.9 Å². The van der Waals surface area contributed by atoms with Crippen LogP contribution in [-0.4, -0.2) is 48.9 Å². The Balaban J connectivity index is 1.59. The summed E-state index contributed by atoms with van der Waals surface area (Å²) in [5.41, 5.74) is 4.39. The molecule has 0 radical (unpaired) electrons. The number of para-hydroxylation sites is 1. The van der Waals surface area contributed by atoms with E-state index in [-0.39, 0.29) is 5.91 Å². The van der Waals surface area contributed by atoms with E-state index < -0.39 is 11.7 Å². The fourth-order valence-corrected chi connectivity index (χ4v) is 4.16. The van der Waals surface area contributed by atoms with E-state index in [4.69, 9.17) is 9.47 Å². The minimum Gasteiger partial charge on any atom is -0.444 e. The van der Waals surface area contributed by atoms with Crippen LogP contribution in [0.2, 0.25) is 0 Å². The van der Waals surface area contributed by atoms with Crippen LogP contribution >= 0.6 is 0 Å². The van der Waals surface area contributed by atoms with Crippen LogP contribution in [0.25, 0.3) is 11.1 Å². The van der Waals surface area contributed by atoms with Gasteiger partial charge in [-0.3, -0.25) is 10.1 Å². The quantitative estimate of drug-likeness (QED) is 0.485. The fourth-order valence-electron chi connectivity index (χ4n) is 4.16. The van der Waals surface area contributed by atoms with Crippen LogP contribution < -0.4 is 10.3 Å². The minimum absolute atomic E-state index is 0.0918. The number of hydrazine groups is 1. The van der Waals surface area contributed by atoms with E-state index in [0.717, 1.165) is 22.4 Å². The second-order valence-electron chi connectivity index (χ2n) is 9.76. The molecule has 4 rings (SSSR count). The number of nitrogens with one attached hydrogen (secondary N) is 1. The number of anilines is 2. The normalized spacial score (nSPS) is 14.2. The molecule has 1 aliphatic rings. The van der Waals surface area contributed by atoms with Gasteiger partial charge in [0, 0.05) is 24.3 Å². The Kier molecular flexibility index (Phi) is 7.72. The zero-order chi connectivity index (χ0) is 25.7. The van der Waals surface area contributed by atoms with Gasteiger partial charge in [-0.2, -0.15) is 0 Å². The van der Waals surface area contributed by atoms with Crippen molar-refractivity contribution in [1.82, 2.24) is 5.01 Å². The van der Waals surface area contributed by atoms with Crippen molar-refractivity contribution < 1.29 is 19.1 Å². The number of rotatable bonds is 5. The highest BCUT2D eigenvalue weighted by Crippen LogP contribution is 2.28. The molecule has 1 aliphatic heterocycles. The number of hydrogen-bond acceptors (Lipinski definition) is 5. The first-order valence-electron chi connectivity index (χ1n) is 12.1. The Morgan fingerprint density at radius 1 is 0.944 bits per heavy atom. The second-order valence-corrected chi connectivity index (χ2v) is 9.76. The first kappa shape index (κ1) is 25.4.